The zero-order chi connectivity index (χ0) is 15.8. The Labute approximate surface area is 146 Å². The summed E-state index contributed by atoms with van der Waals surface area (Å²) in [6, 6.07) is 11.0. The summed E-state index contributed by atoms with van der Waals surface area (Å²) in [6.45, 7) is 5.87. The largest absolute Gasteiger partial charge is 0.356 e. The van der Waals surface area contributed by atoms with E-state index in [1.165, 1.54) is 5.56 Å². The SMILES string of the molecule is CC(CCNC(=O)C1CCNCC1)N(C)Cc1ccccc1.Cl. The molecule has 1 aliphatic heterocycles. The fraction of sp³-hybridized carbons (Fsp3) is 0.611. The summed E-state index contributed by atoms with van der Waals surface area (Å²) in [4.78, 5) is 14.4. The summed E-state index contributed by atoms with van der Waals surface area (Å²) >= 11 is 0. The number of nitrogens with zero attached hydrogens (tertiary/aromatic N) is 1. The molecule has 1 heterocycles. The Bertz CT molecular complexity index is 449. The minimum absolute atomic E-state index is 0. The fourth-order valence-electron chi connectivity index (χ4n) is 2.88. The molecule has 1 amide bonds. The lowest BCUT2D eigenvalue weighted by atomic mass is 9.97. The average Bonchev–Trinajstić information content (AvgIpc) is 2.56. The number of rotatable bonds is 7. The van der Waals surface area contributed by atoms with E-state index >= 15 is 0 Å². The van der Waals surface area contributed by atoms with E-state index in [0.29, 0.717) is 6.04 Å². The van der Waals surface area contributed by atoms with Gasteiger partial charge in [-0.2, -0.15) is 0 Å². The standard InChI is InChI=1S/C18H29N3O.ClH/c1-15(21(2)14-16-6-4-3-5-7-16)8-13-20-18(22)17-9-11-19-12-10-17;/h3-7,15,17,19H,8-14H2,1-2H3,(H,20,22);1H. The highest BCUT2D eigenvalue weighted by atomic mass is 35.5. The Kier molecular flexibility index (Phi) is 9.22. The van der Waals surface area contributed by atoms with Crippen LogP contribution in [0.2, 0.25) is 0 Å². The molecule has 1 aliphatic rings. The second kappa shape index (κ2) is 10.6. The quantitative estimate of drug-likeness (QED) is 0.802. The molecule has 0 aliphatic carbocycles. The molecule has 1 aromatic rings. The van der Waals surface area contributed by atoms with Gasteiger partial charge in [0.05, 0.1) is 0 Å². The van der Waals surface area contributed by atoms with Crippen LogP contribution in [0.3, 0.4) is 0 Å². The number of hydrogen-bond acceptors (Lipinski definition) is 3. The van der Waals surface area contributed by atoms with E-state index in [9.17, 15) is 4.79 Å². The third-order valence-corrected chi connectivity index (χ3v) is 4.60. The van der Waals surface area contributed by atoms with Gasteiger partial charge >= 0.3 is 0 Å². The number of amides is 1. The van der Waals surface area contributed by atoms with Crippen molar-refractivity contribution in [3.05, 3.63) is 35.9 Å². The van der Waals surface area contributed by atoms with Crippen molar-refractivity contribution >= 4 is 18.3 Å². The minimum atomic E-state index is 0. The minimum Gasteiger partial charge on any atom is -0.356 e. The molecule has 0 radical (unpaired) electrons. The van der Waals surface area contributed by atoms with E-state index in [1.807, 2.05) is 6.07 Å². The molecule has 4 nitrogen and oxygen atoms in total. The fourth-order valence-corrected chi connectivity index (χ4v) is 2.88. The van der Waals surface area contributed by atoms with E-state index in [2.05, 4.69) is 53.8 Å². The van der Waals surface area contributed by atoms with Gasteiger partial charge in [0.15, 0.2) is 0 Å². The second-order valence-electron chi connectivity index (χ2n) is 6.35. The number of piperidine rings is 1. The van der Waals surface area contributed by atoms with Gasteiger partial charge in [0.2, 0.25) is 5.91 Å². The van der Waals surface area contributed by atoms with Crippen molar-refractivity contribution in [1.82, 2.24) is 15.5 Å². The van der Waals surface area contributed by atoms with Crippen LogP contribution in [0.4, 0.5) is 0 Å². The molecule has 0 saturated carbocycles. The number of halogens is 1. The van der Waals surface area contributed by atoms with Crippen molar-refractivity contribution in [1.29, 1.82) is 0 Å². The average molecular weight is 340 g/mol. The van der Waals surface area contributed by atoms with Crippen molar-refractivity contribution in [2.24, 2.45) is 5.92 Å². The summed E-state index contributed by atoms with van der Waals surface area (Å²) in [5.74, 6) is 0.443. The lowest BCUT2D eigenvalue weighted by Crippen LogP contribution is -2.40. The molecular formula is C18H30ClN3O. The second-order valence-corrected chi connectivity index (χ2v) is 6.35. The highest BCUT2D eigenvalue weighted by Gasteiger charge is 2.20. The third-order valence-electron chi connectivity index (χ3n) is 4.60. The number of benzene rings is 1. The first-order valence-corrected chi connectivity index (χ1v) is 8.39. The van der Waals surface area contributed by atoms with Crippen molar-refractivity contribution in [2.75, 3.05) is 26.7 Å². The maximum Gasteiger partial charge on any atom is 0.223 e. The van der Waals surface area contributed by atoms with Gasteiger partial charge in [0.25, 0.3) is 0 Å². The first kappa shape index (κ1) is 19.9. The number of carbonyl (C=O) groups excluding carboxylic acids is 1. The summed E-state index contributed by atoms with van der Waals surface area (Å²) in [7, 11) is 2.15. The Hall–Kier alpha value is -1.10. The Morgan fingerprint density at radius 2 is 1.96 bits per heavy atom. The van der Waals surface area contributed by atoms with Gasteiger partial charge in [-0.15, -0.1) is 12.4 Å². The maximum absolute atomic E-state index is 12.1. The molecule has 2 N–H and O–H groups in total. The zero-order valence-electron chi connectivity index (χ0n) is 14.3. The van der Waals surface area contributed by atoms with Crippen LogP contribution in [0.1, 0.15) is 31.7 Å². The number of nitrogens with one attached hydrogen (secondary N) is 2. The molecule has 1 aromatic carbocycles. The summed E-state index contributed by atoms with van der Waals surface area (Å²) in [5.41, 5.74) is 1.33. The Morgan fingerprint density at radius 3 is 2.61 bits per heavy atom. The van der Waals surface area contributed by atoms with E-state index in [0.717, 1.165) is 45.4 Å². The van der Waals surface area contributed by atoms with Gasteiger partial charge in [-0.25, -0.2) is 0 Å². The van der Waals surface area contributed by atoms with Crippen molar-refractivity contribution < 1.29 is 4.79 Å². The number of hydrogen-bond donors (Lipinski definition) is 2. The van der Waals surface area contributed by atoms with Crippen molar-refractivity contribution in [2.45, 2.75) is 38.8 Å². The van der Waals surface area contributed by atoms with Crippen LogP contribution in [-0.4, -0.2) is 43.5 Å². The molecule has 1 fully saturated rings. The summed E-state index contributed by atoms with van der Waals surface area (Å²) in [5, 5.41) is 6.40. The summed E-state index contributed by atoms with van der Waals surface area (Å²) < 4.78 is 0. The highest BCUT2D eigenvalue weighted by molar-refractivity contribution is 5.85. The van der Waals surface area contributed by atoms with Crippen LogP contribution in [0.25, 0.3) is 0 Å². The van der Waals surface area contributed by atoms with Gasteiger partial charge in [0, 0.05) is 25.0 Å². The zero-order valence-corrected chi connectivity index (χ0v) is 15.1. The summed E-state index contributed by atoms with van der Waals surface area (Å²) in [6.07, 6.45) is 2.92. The molecule has 1 unspecified atom stereocenters. The Balaban J connectivity index is 0.00000264. The molecule has 130 valence electrons. The predicted molar refractivity (Wildman–Crippen MR) is 97.8 cm³/mol. The molecule has 0 aromatic heterocycles. The van der Waals surface area contributed by atoms with Crippen LogP contribution < -0.4 is 10.6 Å². The van der Waals surface area contributed by atoms with Crippen molar-refractivity contribution in [3.8, 4) is 0 Å². The van der Waals surface area contributed by atoms with Gasteiger partial charge < -0.3 is 10.6 Å². The molecule has 2 rings (SSSR count). The molecule has 0 bridgehead atoms. The van der Waals surface area contributed by atoms with Crippen LogP contribution in [0.5, 0.6) is 0 Å². The van der Waals surface area contributed by atoms with E-state index in [4.69, 9.17) is 0 Å². The lowest BCUT2D eigenvalue weighted by Gasteiger charge is -2.26. The van der Waals surface area contributed by atoms with Gasteiger partial charge in [-0.05, 0) is 51.9 Å². The van der Waals surface area contributed by atoms with Crippen molar-refractivity contribution in [3.63, 3.8) is 0 Å². The van der Waals surface area contributed by atoms with E-state index in [1.54, 1.807) is 0 Å². The third kappa shape index (κ3) is 6.90. The maximum atomic E-state index is 12.1. The van der Waals surface area contributed by atoms with Gasteiger partial charge in [0.1, 0.15) is 0 Å². The predicted octanol–water partition coefficient (Wildman–Crippen LogP) is 2.43. The lowest BCUT2D eigenvalue weighted by molar-refractivity contribution is -0.125. The number of carbonyl (C=O) groups is 1. The molecule has 5 heteroatoms. The first-order chi connectivity index (χ1) is 10.7. The topological polar surface area (TPSA) is 44.4 Å². The van der Waals surface area contributed by atoms with Crippen LogP contribution in [0.15, 0.2) is 30.3 Å². The van der Waals surface area contributed by atoms with Crippen LogP contribution >= 0.6 is 12.4 Å². The normalized spacial score (nSPS) is 16.7. The highest BCUT2D eigenvalue weighted by Crippen LogP contribution is 2.12. The van der Waals surface area contributed by atoms with Gasteiger partial charge in [-0.3, -0.25) is 9.69 Å². The molecule has 23 heavy (non-hydrogen) atoms. The van der Waals surface area contributed by atoms with E-state index in [-0.39, 0.29) is 24.2 Å². The molecule has 1 saturated heterocycles. The van der Waals surface area contributed by atoms with Crippen LogP contribution in [0, 0.1) is 5.92 Å². The molecular weight excluding hydrogens is 310 g/mol. The molecule has 1 atom stereocenters. The van der Waals surface area contributed by atoms with Crippen LogP contribution in [-0.2, 0) is 11.3 Å². The van der Waals surface area contributed by atoms with Gasteiger partial charge in [-0.1, -0.05) is 30.3 Å². The first-order valence-electron chi connectivity index (χ1n) is 8.39. The Morgan fingerprint density at radius 1 is 1.30 bits per heavy atom. The smallest absolute Gasteiger partial charge is 0.223 e. The van der Waals surface area contributed by atoms with E-state index < -0.39 is 0 Å². The monoisotopic (exact) mass is 339 g/mol. The molecule has 0 spiro atoms.